The van der Waals surface area contributed by atoms with Gasteiger partial charge >= 0.3 is 0 Å². The second-order valence-corrected chi connectivity index (χ2v) is 5.59. The molecule has 4 nitrogen and oxygen atoms in total. The van der Waals surface area contributed by atoms with E-state index in [4.69, 9.17) is 22.8 Å². The van der Waals surface area contributed by atoms with Gasteiger partial charge in [-0.05, 0) is 34.1 Å². The fourth-order valence-electron chi connectivity index (χ4n) is 1.93. The van der Waals surface area contributed by atoms with E-state index in [-0.39, 0.29) is 10.8 Å². The molecule has 0 aliphatic heterocycles. The van der Waals surface area contributed by atoms with Gasteiger partial charge in [0.2, 0.25) is 5.88 Å². The molecule has 106 valence electrons. The summed E-state index contributed by atoms with van der Waals surface area (Å²) in [7, 11) is 0. The topological polar surface area (TPSA) is 53.1 Å². The summed E-state index contributed by atoms with van der Waals surface area (Å²) in [5.74, 6) is -0.0408. The highest BCUT2D eigenvalue weighted by Crippen LogP contribution is 2.26. The van der Waals surface area contributed by atoms with E-state index < -0.39 is 0 Å². The number of hydrogen-bond acceptors (Lipinski definition) is 3. The minimum Gasteiger partial charge on any atom is -0.389 e. The molecule has 0 fully saturated rings. The monoisotopic (exact) mass is 365 g/mol. The lowest BCUT2D eigenvalue weighted by Crippen LogP contribution is -2.11. The summed E-state index contributed by atoms with van der Waals surface area (Å²) >= 11 is 8.23. The third-order valence-electron chi connectivity index (χ3n) is 2.90. The zero-order valence-electron chi connectivity index (χ0n) is 10.6. The Morgan fingerprint density at radius 3 is 2.90 bits per heavy atom. The van der Waals surface area contributed by atoms with Crippen molar-refractivity contribution in [2.75, 3.05) is 0 Å². The summed E-state index contributed by atoms with van der Waals surface area (Å²) in [6.07, 6.45) is 3.23. The van der Waals surface area contributed by atoms with Crippen molar-refractivity contribution in [3.63, 3.8) is 0 Å². The molecular formula is C14H9BrFN3OS. The van der Waals surface area contributed by atoms with Crippen LogP contribution in [-0.4, -0.2) is 14.7 Å². The maximum Gasteiger partial charge on any atom is 0.247 e. The van der Waals surface area contributed by atoms with Crippen LogP contribution in [0.2, 0.25) is 0 Å². The SMILES string of the molecule is NC(=S)c1ccnc(On2ccc3c(Br)cc(F)cc32)c1. The lowest BCUT2D eigenvalue weighted by molar-refractivity contribution is 0.219. The molecule has 0 atom stereocenters. The molecular weight excluding hydrogens is 357 g/mol. The maximum absolute atomic E-state index is 13.5. The van der Waals surface area contributed by atoms with Gasteiger partial charge in [0.05, 0.1) is 5.52 Å². The predicted molar refractivity (Wildman–Crippen MR) is 85.7 cm³/mol. The van der Waals surface area contributed by atoms with Crippen LogP contribution >= 0.6 is 28.1 Å². The Morgan fingerprint density at radius 2 is 2.14 bits per heavy atom. The van der Waals surface area contributed by atoms with Gasteiger partial charge in [0.15, 0.2) is 0 Å². The average Bonchev–Trinajstić information content (AvgIpc) is 2.82. The summed E-state index contributed by atoms with van der Waals surface area (Å²) in [4.78, 5) is 9.98. The fraction of sp³-hybridized carbons (Fsp3) is 0. The number of hydrogen-bond donors (Lipinski definition) is 1. The van der Waals surface area contributed by atoms with Gasteiger partial charge in [-0.2, -0.15) is 4.73 Å². The van der Waals surface area contributed by atoms with Crippen LogP contribution in [0.3, 0.4) is 0 Å². The van der Waals surface area contributed by atoms with Gasteiger partial charge < -0.3 is 10.6 Å². The predicted octanol–water partition coefficient (Wildman–Crippen LogP) is 3.41. The lowest BCUT2D eigenvalue weighted by Gasteiger charge is -2.08. The largest absolute Gasteiger partial charge is 0.389 e. The number of aromatic nitrogens is 2. The number of rotatable bonds is 3. The fourth-order valence-corrected chi connectivity index (χ4v) is 2.61. The van der Waals surface area contributed by atoms with Gasteiger partial charge in [-0.3, -0.25) is 0 Å². The highest BCUT2D eigenvalue weighted by Gasteiger charge is 2.09. The molecule has 0 bridgehead atoms. The lowest BCUT2D eigenvalue weighted by atomic mass is 10.2. The van der Waals surface area contributed by atoms with Crippen molar-refractivity contribution in [3.05, 3.63) is 58.6 Å². The van der Waals surface area contributed by atoms with Crippen molar-refractivity contribution in [1.29, 1.82) is 0 Å². The molecule has 0 aliphatic carbocycles. The van der Waals surface area contributed by atoms with Gasteiger partial charge in [-0.15, -0.1) is 0 Å². The molecule has 2 heterocycles. The second kappa shape index (κ2) is 5.42. The molecule has 0 amide bonds. The van der Waals surface area contributed by atoms with Crippen LogP contribution in [0, 0.1) is 5.82 Å². The first-order valence-electron chi connectivity index (χ1n) is 5.95. The van der Waals surface area contributed by atoms with E-state index in [0.29, 0.717) is 21.4 Å². The molecule has 1 aromatic carbocycles. The zero-order chi connectivity index (χ0) is 15.0. The Hall–Kier alpha value is -1.99. The third-order valence-corrected chi connectivity index (χ3v) is 3.79. The molecule has 21 heavy (non-hydrogen) atoms. The summed E-state index contributed by atoms with van der Waals surface area (Å²) in [5, 5.41) is 0.835. The summed E-state index contributed by atoms with van der Waals surface area (Å²) in [6, 6.07) is 7.92. The minimum atomic E-state index is -0.359. The molecule has 3 rings (SSSR count). The molecule has 0 spiro atoms. The van der Waals surface area contributed by atoms with Crippen LogP contribution in [0.4, 0.5) is 4.39 Å². The number of pyridine rings is 1. The highest BCUT2D eigenvalue weighted by molar-refractivity contribution is 9.10. The van der Waals surface area contributed by atoms with E-state index in [0.717, 1.165) is 5.39 Å². The summed E-state index contributed by atoms with van der Waals surface area (Å²) in [6.45, 7) is 0. The van der Waals surface area contributed by atoms with Gasteiger partial charge in [0.25, 0.3) is 0 Å². The molecule has 0 saturated carbocycles. The number of nitrogens with zero attached hydrogens (tertiary/aromatic N) is 2. The Kier molecular flexibility index (Phi) is 3.60. The van der Waals surface area contributed by atoms with Crippen molar-refractivity contribution in [1.82, 2.24) is 9.71 Å². The van der Waals surface area contributed by atoms with Crippen LogP contribution < -0.4 is 10.6 Å². The number of fused-ring (bicyclic) bond motifs is 1. The van der Waals surface area contributed by atoms with Crippen molar-refractivity contribution >= 4 is 44.0 Å². The van der Waals surface area contributed by atoms with Gasteiger partial charge in [0, 0.05) is 39.9 Å². The van der Waals surface area contributed by atoms with Crippen LogP contribution in [0.15, 0.2) is 47.2 Å². The Bertz CT molecular complexity index is 849. The van der Waals surface area contributed by atoms with Crippen molar-refractivity contribution in [2.45, 2.75) is 0 Å². The minimum absolute atomic E-state index is 0.258. The highest BCUT2D eigenvalue weighted by atomic mass is 79.9. The van der Waals surface area contributed by atoms with Crippen molar-refractivity contribution in [3.8, 4) is 5.88 Å². The van der Waals surface area contributed by atoms with Gasteiger partial charge in [0.1, 0.15) is 10.8 Å². The van der Waals surface area contributed by atoms with E-state index in [1.165, 1.54) is 16.9 Å². The maximum atomic E-state index is 13.5. The van der Waals surface area contributed by atoms with E-state index in [1.807, 2.05) is 6.07 Å². The number of halogens is 2. The van der Waals surface area contributed by atoms with E-state index in [2.05, 4.69) is 20.9 Å². The quantitative estimate of drug-likeness (QED) is 0.722. The van der Waals surface area contributed by atoms with Crippen LogP contribution in [-0.2, 0) is 0 Å². The molecule has 0 unspecified atom stereocenters. The Morgan fingerprint density at radius 1 is 1.33 bits per heavy atom. The van der Waals surface area contributed by atoms with Crippen LogP contribution in [0.25, 0.3) is 10.9 Å². The molecule has 3 aromatic rings. The van der Waals surface area contributed by atoms with Crippen LogP contribution in [0.5, 0.6) is 5.88 Å². The Labute approximate surface area is 133 Å². The molecule has 2 N–H and O–H groups in total. The smallest absolute Gasteiger partial charge is 0.247 e. The first kappa shape index (κ1) is 14.0. The second-order valence-electron chi connectivity index (χ2n) is 4.30. The third kappa shape index (κ3) is 2.74. The van der Waals surface area contributed by atoms with Gasteiger partial charge in [-0.25, -0.2) is 9.37 Å². The van der Waals surface area contributed by atoms with Crippen molar-refractivity contribution in [2.24, 2.45) is 5.73 Å². The number of nitrogens with two attached hydrogens (primary N) is 1. The molecule has 0 aliphatic rings. The first-order valence-corrected chi connectivity index (χ1v) is 7.15. The van der Waals surface area contributed by atoms with E-state index in [1.54, 1.807) is 24.5 Å². The molecule has 2 aromatic heterocycles. The number of thiocarbonyl (C=S) groups is 1. The normalized spacial score (nSPS) is 10.8. The van der Waals surface area contributed by atoms with Gasteiger partial charge in [-0.1, -0.05) is 12.2 Å². The summed E-state index contributed by atoms with van der Waals surface area (Å²) < 4.78 is 15.6. The van der Waals surface area contributed by atoms with Crippen molar-refractivity contribution < 1.29 is 9.23 Å². The summed E-state index contributed by atoms with van der Waals surface area (Å²) in [5.41, 5.74) is 6.81. The number of benzene rings is 1. The van der Waals surface area contributed by atoms with E-state index in [9.17, 15) is 4.39 Å². The zero-order valence-corrected chi connectivity index (χ0v) is 13.0. The van der Waals surface area contributed by atoms with Crippen LogP contribution in [0.1, 0.15) is 5.56 Å². The molecule has 7 heteroatoms. The van der Waals surface area contributed by atoms with E-state index >= 15 is 0 Å². The standard InChI is InChI=1S/C14H9BrFN3OS/c15-11-6-9(16)7-12-10(11)2-4-19(12)20-13-5-8(14(17)21)1-3-18-13/h1-7H,(H2,17,21). The Balaban J connectivity index is 2.02. The molecule has 0 saturated heterocycles. The first-order chi connectivity index (χ1) is 10.0. The average molecular weight is 366 g/mol. The molecule has 0 radical (unpaired) electrons.